The van der Waals surface area contributed by atoms with E-state index >= 15 is 0 Å². The average Bonchev–Trinajstić information content (AvgIpc) is 2.23. The fraction of sp³-hybridized carbons (Fsp3) is 1.00. The minimum atomic E-state index is 0.148. The highest BCUT2D eigenvalue weighted by atomic mass is 16.5. The van der Waals surface area contributed by atoms with Crippen molar-refractivity contribution in [2.75, 3.05) is 20.3 Å². The maximum Gasteiger partial charge on any atom is 0.0624 e. The summed E-state index contributed by atoms with van der Waals surface area (Å²) in [6.45, 7) is 5.06. The van der Waals surface area contributed by atoms with E-state index < -0.39 is 0 Å². The van der Waals surface area contributed by atoms with Crippen molar-refractivity contribution in [2.45, 2.75) is 57.5 Å². The van der Waals surface area contributed by atoms with E-state index in [-0.39, 0.29) is 12.6 Å². The third-order valence-electron chi connectivity index (χ3n) is 3.10. The molecule has 1 fully saturated rings. The fourth-order valence-electron chi connectivity index (χ4n) is 2.18. The molecule has 0 spiro atoms. The summed E-state index contributed by atoms with van der Waals surface area (Å²) in [6.07, 6.45) is 3.72. The molecule has 1 heterocycles. The van der Waals surface area contributed by atoms with Gasteiger partial charge in [0, 0.05) is 12.6 Å². The molecule has 0 aromatic rings. The van der Waals surface area contributed by atoms with Gasteiger partial charge in [0.25, 0.3) is 0 Å². The second-order valence-electron chi connectivity index (χ2n) is 4.68. The lowest BCUT2D eigenvalue weighted by Crippen LogP contribution is -2.35. The van der Waals surface area contributed by atoms with Gasteiger partial charge in [-0.1, -0.05) is 0 Å². The summed E-state index contributed by atoms with van der Waals surface area (Å²) in [5, 5.41) is 12.1. The Morgan fingerprint density at radius 3 is 2.50 bits per heavy atom. The molecule has 0 aromatic carbocycles. The Kier molecular flexibility index (Phi) is 6.28. The van der Waals surface area contributed by atoms with Crippen LogP contribution in [0.1, 0.15) is 33.1 Å². The van der Waals surface area contributed by atoms with Crippen LogP contribution in [0.25, 0.3) is 0 Å². The monoisotopic (exact) mass is 231 g/mol. The fourth-order valence-corrected chi connectivity index (χ4v) is 2.18. The van der Waals surface area contributed by atoms with Gasteiger partial charge >= 0.3 is 0 Å². The number of aliphatic hydroxyl groups is 1. The third-order valence-corrected chi connectivity index (χ3v) is 3.10. The van der Waals surface area contributed by atoms with Crippen LogP contribution in [-0.4, -0.2) is 49.7 Å². The van der Waals surface area contributed by atoms with Crippen LogP contribution in [-0.2, 0) is 9.47 Å². The second kappa shape index (κ2) is 7.22. The second-order valence-corrected chi connectivity index (χ2v) is 4.68. The molecule has 1 rings (SSSR count). The molecule has 1 saturated heterocycles. The lowest BCUT2D eigenvalue weighted by molar-refractivity contribution is -0.103. The molecule has 0 aliphatic carbocycles. The van der Waals surface area contributed by atoms with Crippen molar-refractivity contribution in [3.63, 3.8) is 0 Å². The molecule has 2 N–H and O–H groups in total. The van der Waals surface area contributed by atoms with E-state index in [2.05, 4.69) is 19.2 Å². The van der Waals surface area contributed by atoms with Crippen LogP contribution in [0.4, 0.5) is 0 Å². The summed E-state index contributed by atoms with van der Waals surface area (Å²) in [5.41, 5.74) is 0. The van der Waals surface area contributed by atoms with Gasteiger partial charge < -0.3 is 19.9 Å². The molecule has 4 nitrogen and oxygen atoms in total. The van der Waals surface area contributed by atoms with Crippen molar-refractivity contribution in [1.29, 1.82) is 0 Å². The Hall–Kier alpha value is -0.160. The Balaban J connectivity index is 2.16. The van der Waals surface area contributed by atoms with Gasteiger partial charge in [0.15, 0.2) is 0 Å². The number of aliphatic hydroxyl groups excluding tert-OH is 1. The Labute approximate surface area is 98.3 Å². The van der Waals surface area contributed by atoms with Crippen molar-refractivity contribution in [2.24, 2.45) is 0 Å². The molecule has 3 atom stereocenters. The molecular formula is C12H25NO3. The van der Waals surface area contributed by atoms with Crippen LogP contribution in [0, 0.1) is 0 Å². The van der Waals surface area contributed by atoms with E-state index in [1.54, 1.807) is 0 Å². The summed E-state index contributed by atoms with van der Waals surface area (Å²) >= 11 is 0. The number of hydrogen-bond donors (Lipinski definition) is 2. The van der Waals surface area contributed by atoms with E-state index in [4.69, 9.17) is 14.6 Å². The molecule has 1 aliphatic heterocycles. The predicted octanol–water partition coefficient (Wildman–Crippen LogP) is 0.929. The number of hydrogen-bond acceptors (Lipinski definition) is 4. The summed E-state index contributed by atoms with van der Waals surface area (Å²) in [5.74, 6) is 0. The molecule has 0 aromatic heterocycles. The molecule has 0 bridgehead atoms. The topological polar surface area (TPSA) is 50.7 Å². The maximum atomic E-state index is 9.01. The molecule has 1 aliphatic rings. The quantitative estimate of drug-likeness (QED) is 0.714. The highest BCUT2D eigenvalue weighted by molar-refractivity contribution is 4.74. The SMILES string of the molecule is CNC(CO)CCOC1CC(C)OC(C)C1. The first-order valence-electron chi connectivity index (χ1n) is 6.20. The molecule has 0 amide bonds. The smallest absolute Gasteiger partial charge is 0.0624 e. The van der Waals surface area contributed by atoms with Gasteiger partial charge in [-0.3, -0.25) is 0 Å². The van der Waals surface area contributed by atoms with Gasteiger partial charge in [0.2, 0.25) is 0 Å². The minimum Gasteiger partial charge on any atom is -0.395 e. The van der Waals surface area contributed by atoms with Gasteiger partial charge in [-0.15, -0.1) is 0 Å². The van der Waals surface area contributed by atoms with Crippen molar-refractivity contribution in [1.82, 2.24) is 5.32 Å². The van der Waals surface area contributed by atoms with Crippen molar-refractivity contribution >= 4 is 0 Å². The van der Waals surface area contributed by atoms with E-state index in [1.165, 1.54) is 0 Å². The molecule has 0 radical (unpaired) electrons. The summed E-state index contributed by atoms with van der Waals surface area (Å²) in [6, 6.07) is 0.148. The first-order chi connectivity index (χ1) is 7.65. The molecular weight excluding hydrogens is 206 g/mol. The lowest BCUT2D eigenvalue weighted by Gasteiger charge is -2.32. The minimum absolute atomic E-state index is 0.148. The molecule has 0 saturated carbocycles. The zero-order valence-corrected chi connectivity index (χ0v) is 10.6. The van der Waals surface area contributed by atoms with Crippen LogP contribution >= 0.6 is 0 Å². The zero-order valence-electron chi connectivity index (χ0n) is 10.6. The van der Waals surface area contributed by atoms with Gasteiger partial charge in [-0.25, -0.2) is 0 Å². The highest BCUT2D eigenvalue weighted by Crippen LogP contribution is 2.21. The number of rotatable bonds is 6. The summed E-state index contributed by atoms with van der Waals surface area (Å²) in [4.78, 5) is 0. The molecule has 3 unspecified atom stereocenters. The van der Waals surface area contributed by atoms with Gasteiger partial charge in [0.05, 0.1) is 24.9 Å². The number of ether oxygens (including phenoxy) is 2. The van der Waals surface area contributed by atoms with Crippen LogP contribution in [0.5, 0.6) is 0 Å². The Bertz CT molecular complexity index is 175. The highest BCUT2D eigenvalue weighted by Gasteiger charge is 2.24. The van der Waals surface area contributed by atoms with Crippen molar-refractivity contribution in [3.05, 3.63) is 0 Å². The zero-order chi connectivity index (χ0) is 12.0. The van der Waals surface area contributed by atoms with Crippen LogP contribution in [0.15, 0.2) is 0 Å². The van der Waals surface area contributed by atoms with Crippen LogP contribution in [0.3, 0.4) is 0 Å². The normalized spacial score (nSPS) is 32.6. The van der Waals surface area contributed by atoms with Crippen molar-refractivity contribution in [3.8, 4) is 0 Å². The number of nitrogens with one attached hydrogen (secondary N) is 1. The largest absolute Gasteiger partial charge is 0.395 e. The summed E-state index contributed by atoms with van der Waals surface area (Å²) < 4.78 is 11.5. The number of likely N-dealkylation sites (N-methyl/N-ethyl adjacent to an activating group) is 1. The van der Waals surface area contributed by atoms with Gasteiger partial charge in [-0.2, -0.15) is 0 Å². The first-order valence-corrected chi connectivity index (χ1v) is 6.20. The van der Waals surface area contributed by atoms with E-state index in [1.807, 2.05) is 7.05 Å². The average molecular weight is 231 g/mol. The maximum absolute atomic E-state index is 9.01. The van der Waals surface area contributed by atoms with Gasteiger partial charge in [0.1, 0.15) is 0 Å². The van der Waals surface area contributed by atoms with Crippen LogP contribution in [0.2, 0.25) is 0 Å². The van der Waals surface area contributed by atoms with Gasteiger partial charge in [-0.05, 0) is 40.2 Å². The van der Waals surface area contributed by atoms with Crippen molar-refractivity contribution < 1.29 is 14.6 Å². The first kappa shape index (κ1) is 13.9. The van der Waals surface area contributed by atoms with E-state index in [0.29, 0.717) is 24.9 Å². The molecule has 16 heavy (non-hydrogen) atoms. The molecule has 96 valence electrons. The van der Waals surface area contributed by atoms with E-state index in [9.17, 15) is 0 Å². The van der Waals surface area contributed by atoms with E-state index in [0.717, 1.165) is 19.3 Å². The third kappa shape index (κ3) is 4.78. The molecule has 4 heteroatoms. The lowest BCUT2D eigenvalue weighted by atomic mass is 10.0. The van der Waals surface area contributed by atoms with Crippen LogP contribution < -0.4 is 5.32 Å². The standard InChI is InChI=1S/C12H25NO3/c1-9-6-12(7-10(2)16-9)15-5-4-11(8-14)13-3/h9-14H,4-8H2,1-3H3. The Morgan fingerprint density at radius 2 is 2.00 bits per heavy atom. The Morgan fingerprint density at radius 1 is 1.38 bits per heavy atom. The predicted molar refractivity (Wildman–Crippen MR) is 63.5 cm³/mol. The summed E-state index contributed by atoms with van der Waals surface area (Å²) in [7, 11) is 1.86.